The van der Waals surface area contributed by atoms with Gasteiger partial charge in [0.2, 0.25) is 0 Å². The summed E-state index contributed by atoms with van der Waals surface area (Å²) < 4.78 is 11.0. The van der Waals surface area contributed by atoms with E-state index < -0.39 is 12.2 Å². The Morgan fingerprint density at radius 3 is 1.07 bits per heavy atom. The molecule has 2 atom stereocenters. The van der Waals surface area contributed by atoms with E-state index in [-0.39, 0.29) is 11.9 Å². The Bertz CT molecular complexity index is 699. The fourth-order valence-corrected chi connectivity index (χ4v) is 4.89. The fourth-order valence-electron chi connectivity index (χ4n) is 4.89. The number of carbonyl (C=O) groups excluding carboxylic acids is 2. The molecule has 0 spiro atoms. The van der Waals surface area contributed by atoms with Crippen molar-refractivity contribution in [3.05, 3.63) is 48.6 Å². The minimum absolute atomic E-state index is 0.195. The Balaban J connectivity index is 3.65. The van der Waals surface area contributed by atoms with E-state index in [9.17, 15) is 9.59 Å². The number of ether oxygens (including phenoxy) is 2. The van der Waals surface area contributed by atoms with Gasteiger partial charge < -0.3 is 9.47 Å². The Hall–Kier alpha value is -2.10. The zero-order chi connectivity index (χ0) is 32.4. The fraction of sp³-hybridized carbons (Fsp3) is 0.750. The van der Waals surface area contributed by atoms with Gasteiger partial charge in [-0.1, -0.05) is 127 Å². The minimum atomic E-state index is -0.422. The SMILES string of the molecule is CCCCCC=CCC=CCCCCCCCC(=O)OC(C)C(C)OC(=O)CCCCCCCC=CCC=CCCCCC. The topological polar surface area (TPSA) is 52.6 Å². The number of carbonyl (C=O) groups is 2. The highest BCUT2D eigenvalue weighted by atomic mass is 16.6. The minimum Gasteiger partial charge on any atom is -0.459 e. The molecule has 0 saturated carbocycles. The molecule has 0 aromatic heterocycles. The van der Waals surface area contributed by atoms with Crippen LogP contribution in [0.3, 0.4) is 0 Å². The number of allylic oxidation sites excluding steroid dienone is 8. The van der Waals surface area contributed by atoms with Crippen LogP contribution in [0.15, 0.2) is 48.6 Å². The standard InChI is InChI=1S/C40H70O4/c1-5-7-9-11-13-15-17-19-21-23-25-27-29-31-33-35-39(41)43-37(3)38(4)44-40(42)36-34-32-30-28-26-24-22-20-18-16-14-12-10-8-6-2/h13-16,19-22,37-38H,5-12,17-18,23-36H2,1-4H3. The molecule has 0 heterocycles. The molecule has 0 bridgehead atoms. The molecule has 44 heavy (non-hydrogen) atoms. The second kappa shape index (κ2) is 33.8. The monoisotopic (exact) mass is 615 g/mol. The van der Waals surface area contributed by atoms with Gasteiger partial charge in [-0.2, -0.15) is 0 Å². The molecule has 4 nitrogen and oxygen atoms in total. The maximum atomic E-state index is 12.2. The molecule has 0 amide bonds. The summed E-state index contributed by atoms with van der Waals surface area (Å²) in [6.45, 7) is 8.10. The van der Waals surface area contributed by atoms with Crippen LogP contribution >= 0.6 is 0 Å². The van der Waals surface area contributed by atoms with Crippen LogP contribution in [-0.2, 0) is 19.1 Å². The summed E-state index contributed by atoms with van der Waals surface area (Å²) >= 11 is 0. The van der Waals surface area contributed by atoms with E-state index in [2.05, 4.69) is 62.5 Å². The van der Waals surface area contributed by atoms with E-state index in [1.54, 1.807) is 0 Å². The van der Waals surface area contributed by atoms with E-state index in [0.717, 1.165) is 64.2 Å². The average Bonchev–Trinajstić information content (AvgIpc) is 3.00. The van der Waals surface area contributed by atoms with Gasteiger partial charge in [0.25, 0.3) is 0 Å². The van der Waals surface area contributed by atoms with Crippen molar-refractivity contribution < 1.29 is 19.1 Å². The van der Waals surface area contributed by atoms with Crippen LogP contribution in [0, 0.1) is 0 Å². The predicted molar refractivity (Wildman–Crippen MR) is 190 cm³/mol. The van der Waals surface area contributed by atoms with Crippen LogP contribution in [0.2, 0.25) is 0 Å². The summed E-state index contributed by atoms with van der Waals surface area (Å²) in [5, 5.41) is 0. The Labute approximate surface area is 273 Å². The number of unbranched alkanes of at least 4 members (excludes halogenated alkanes) is 16. The molecule has 4 heteroatoms. The molecule has 0 saturated heterocycles. The van der Waals surface area contributed by atoms with Crippen molar-refractivity contribution in [2.75, 3.05) is 0 Å². The normalized spacial score (nSPS) is 13.5. The van der Waals surface area contributed by atoms with Crippen LogP contribution < -0.4 is 0 Å². The quantitative estimate of drug-likeness (QED) is 0.0443. The molecular formula is C40H70O4. The van der Waals surface area contributed by atoms with Gasteiger partial charge in [0, 0.05) is 12.8 Å². The van der Waals surface area contributed by atoms with Crippen molar-refractivity contribution in [3.8, 4) is 0 Å². The molecular weight excluding hydrogens is 544 g/mol. The largest absolute Gasteiger partial charge is 0.459 e. The molecule has 0 rings (SSSR count). The van der Waals surface area contributed by atoms with Crippen molar-refractivity contribution in [2.24, 2.45) is 0 Å². The van der Waals surface area contributed by atoms with Crippen molar-refractivity contribution >= 4 is 11.9 Å². The van der Waals surface area contributed by atoms with Gasteiger partial charge in [-0.25, -0.2) is 0 Å². The molecule has 0 aliphatic heterocycles. The molecule has 0 aromatic rings. The Kier molecular flexibility index (Phi) is 32.2. The summed E-state index contributed by atoms with van der Waals surface area (Å²) in [6, 6.07) is 0. The Morgan fingerprint density at radius 2 is 0.727 bits per heavy atom. The van der Waals surface area contributed by atoms with E-state index in [1.807, 2.05) is 13.8 Å². The lowest BCUT2D eigenvalue weighted by Gasteiger charge is -2.21. The lowest BCUT2D eigenvalue weighted by molar-refractivity contribution is -0.165. The smallest absolute Gasteiger partial charge is 0.306 e. The van der Waals surface area contributed by atoms with Crippen LogP contribution in [0.4, 0.5) is 0 Å². The summed E-state index contributed by atoms with van der Waals surface area (Å²) in [5.74, 6) is -0.389. The van der Waals surface area contributed by atoms with Crippen molar-refractivity contribution in [1.82, 2.24) is 0 Å². The maximum Gasteiger partial charge on any atom is 0.306 e. The molecule has 0 N–H and O–H groups in total. The first-order chi connectivity index (χ1) is 21.5. The zero-order valence-corrected chi connectivity index (χ0v) is 29.4. The summed E-state index contributed by atoms with van der Waals surface area (Å²) in [5.41, 5.74) is 0. The zero-order valence-electron chi connectivity index (χ0n) is 29.4. The van der Waals surface area contributed by atoms with Crippen LogP contribution in [-0.4, -0.2) is 24.1 Å². The van der Waals surface area contributed by atoms with E-state index in [1.165, 1.54) is 77.0 Å². The first kappa shape index (κ1) is 41.9. The van der Waals surface area contributed by atoms with Gasteiger partial charge in [0.15, 0.2) is 0 Å². The van der Waals surface area contributed by atoms with E-state index in [4.69, 9.17) is 9.47 Å². The van der Waals surface area contributed by atoms with Crippen LogP contribution in [0.1, 0.15) is 182 Å². The van der Waals surface area contributed by atoms with Crippen molar-refractivity contribution in [3.63, 3.8) is 0 Å². The third kappa shape index (κ3) is 31.3. The van der Waals surface area contributed by atoms with Gasteiger partial charge in [-0.3, -0.25) is 9.59 Å². The highest BCUT2D eigenvalue weighted by molar-refractivity contribution is 5.70. The molecule has 2 unspecified atom stereocenters. The van der Waals surface area contributed by atoms with Gasteiger partial charge in [0.1, 0.15) is 12.2 Å². The predicted octanol–water partition coefficient (Wildman–Crippen LogP) is 12.5. The van der Waals surface area contributed by atoms with Crippen molar-refractivity contribution in [1.29, 1.82) is 0 Å². The van der Waals surface area contributed by atoms with E-state index >= 15 is 0 Å². The first-order valence-electron chi connectivity index (χ1n) is 18.5. The molecule has 0 aliphatic rings. The Morgan fingerprint density at radius 1 is 0.432 bits per heavy atom. The van der Waals surface area contributed by atoms with Crippen LogP contribution in [0.25, 0.3) is 0 Å². The van der Waals surface area contributed by atoms with Crippen molar-refractivity contribution in [2.45, 2.75) is 194 Å². The number of rotatable bonds is 31. The second-order valence-corrected chi connectivity index (χ2v) is 12.4. The van der Waals surface area contributed by atoms with Gasteiger partial charge in [-0.05, 0) is 90.9 Å². The third-order valence-electron chi connectivity index (χ3n) is 7.96. The molecule has 0 radical (unpaired) electrons. The molecule has 0 fully saturated rings. The summed E-state index contributed by atoms with van der Waals surface area (Å²) in [6.07, 6.45) is 43.8. The molecule has 0 aromatic carbocycles. The number of esters is 2. The summed E-state index contributed by atoms with van der Waals surface area (Å²) in [7, 11) is 0. The lowest BCUT2D eigenvalue weighted by Crippen LogP contribution is -2.30. The molecule has 254 valence electrons. The second-order valence-electron chi connectivity index (χ2n) is 12.4. The first-order valence-corrected chi connectivity index (χ1v) is 18.5. The maximum absolute atomic E-state index is 12.2. The van der Waals surface area contributed by atoms with Gasteiger partial charge in [-0.15, -0.1) is 0 Å². The number of hydrogen-bond acceptors (Lipinski definition) is 4. The highest BCUT2D eigenvalue weighted by Crippen LogP contribution is 2.13. The average molecular weight is 615 g/mol. The van der Waals surface area contributed by atoms with Crippen LogP contribution in [0.5, 0.6) is 0 Å². The summed E-state index contributed by atoms with van der Waals surface area (Å²) in [4.78, 5) is 24.4. The third-order valence-corrected chi connectivity index (χ3v) is 7.96. The van der Waals surface area contributed by atoms with Gasteiger partial charge in [0.05, 0.1) is 0 Å². The molecule has 0 aliphatic carbocycles. The number of hydrogen-bond donors (Lipinski definition) is 0. The lowest BCUT2D eigenvalue weighted by atomic mass is 10.1. The van der Waals surface area contributed by atoms with E-state index in [0.29, 0.717) is 12.8 Å². The highest BCUT2D eigenvalue weighted by Gasteiger charge is 2.20. The van der Waals surface area contributed by atoms with Gasteiger partial charge >= 0.3 is 11.9 Å².